The minimum absolute atomic E-state index is 0.528. The molecular formula is C19H17N5OS2. The summed E-state index contributed by atoms with van der Waals surface area (Å²) in [4.78, 5) is 21.6. The minimum atomic E-state index is 0.528. The summed E-state index contributed by atoms with van der Waals surface area (Å²) in [6.07, 6.45) is 5.07. The molecule has 0 fully saturated rings. The van der Waals surface area contributed by atoms with Gasteiger partial charge in [0.25, 0.3) is 0 Å². The van der Waals surface area contributed by atoms with E-state index in [-0.39, 0.29) is 0 Å². The van der Waals surface area contributed by atoms with Gasteiger partial charge in [-0.2, -0.15) is 0 Å². The highest BCUT2D eigenvalue weighted by molar-refractivity contribution is 8.00. The second-order valence-corrected chi connectivity index (χ2v) is 8.07. The Hall–Kier alpha value is -2.58. The standard InChI is InChI=1S/C19H17N5OS2/c1-10-7-13(5-6-14(10)15-11(2)20-8-21-12(15)3)25-18-16-17(22-9-23-18)24-19(26-4)27-16/h5-9H,1-4H3. The summed E-state index contributed by atoms with van der Waals surface area (Å²) in [7, 11) is 0. The van der Waals surface area contributed by atoms with Crippen LogP contribution in [0.1, 0.15) is 17.0 Å². The monoisotopic (exact) mass is 395 g/mol. The van der Waals surface area contributed by atoms with Gasteiger partial charge in [-0.1, -0.05) is 17.8 Å². The van der Waals surface area contributed by atoms with Gasteiger partial charge < -0.3 is 4.74 Å². The molecule has 3 heterocycles. The third-order valence-electron chi connectivity index (χ3n) is 4.22. The molecule has 8 heteroatoms. The summed E-state index contributed by atoms with van der Waals surface area (Å²) in [6.45, 7) is 6.05. The van der Waals surface area contributed by atoms with Crippen LogP contribution in [0, 0.1) is 20.8 Å². The van der Waals surface area contributed by atoms with Crippen molar-refractivity contribution in [3.05, 3.63) is 47.8 Å². The molecule has 6 nitrogen and oxygen atoms in total. The predicted octanol–water partition coefficient (Wildman–Crippen LogP) is 4.98. The van der Waals surface area contributed by atoms with Crippen LogP contribution in [-0.2, 0) is 0 Å². The van der Waals surface area contributed by atoms with Gasteiger partial charge in [-0.05, 0) is 50.3 Å². The topological polar surface area (TPSA) is 73.7 Å². The Kier molecular flexibility index (Phi) is 4.75. The van der Waals surface area contributed by atoms with Gasteiger partial charge in [-0.3, -0.25) is 0 Å². The molecule has 0 unspecified atom stereocenters. The van der Waals surface area contributed by atoms with E-state index in [1.165, 1.54) is 17.7 Å². The van der Waals surface area contributed by atoms with E-state index in [2.05, 4.69) is 31.8 Å². The molecule has 0 N–H and O–H groups in total. The number of hydrogen-bond acceptors (Lipinski definition) is 8. The average Bonchev–Trinajstić information content (AvgIpc) is 3.08. The molecule has 0 aliphatic carbocycles. The molecule has 0 amide bonds. The van der Waals surface area contributed by atoms with E-state index in [0.717, 1.165) is 42.9 Å². The molecule has 0 aliphatic heterocycles. The van der Waals surface area contributed by atoms with Crippen molar-refractivity contribution < 1.29 is 4.74 Å². The Morgan fingerprint density at radius 2 is 1.70 bits per heavy atom. The molecule has 0 spiro atoms. The number of aryl methyl sites for hydroxylation is 3. The molecule has 136 valence electrons. The Bertz CT molecular complexity index is 1120. The highest BCUT2D eigenvalue weighted by Gasteiger charge is 2.14. The van der Waals surface area contributed by atoms with Crippen LogP contribution in [-0.4, -0.2) is 31.2 Å². The van der Waals surface area contributed by atoms with Gasteiger partial charge in [0.2, 0.25) is 5.88 Å². The van der Waals surface area contributed by atoms with Gasteiger partial charge in [0.15, 0.2) is 9.99 Å². The number of hydrogen-bond donors (Lipinski definition) is 0. The van der Waals surface area contributed by atoms with Gasteiger partial charge in [0.1, 0.15) is 23.1 Å². The van der Waals surface area contributed by atoms with Crippen LogP contribution in [0.25, 0.3) is 21.5 Å². The van der Waals surface area contributed by atoms with Crippen LogP contribution >= 0.6 is 23.1 Å². The number of aromatic nitrogens is 5. The molecule has 0 atom stereocenters. The van der Waals surface area contributed by atoms with E-state index in [1.807, 2.05) is 38.3 Å². The first-order valence-corrected chi connectivity index (χ1v) is 10.3. The highest BCUT2D eigenvalue weighted by atomic mass is 32.2. The van der Waals surface area contributed by atoms with Crippen LogP contribution in [0.5, 0.6) is 11.6 Å². The third kappa shape index (κ3) is 3.38. The fourth-order valence-electron chi connectivity index (χ4n) is 2.95. The van der Waals surface area contributed by atoms with Gasteiger partial charge in [0, 0.05) is 17.0 Å². The van der Waals surface area contributed by atoms with Crippen LogP contribution in [0.4, 0.5) is 0 Å². The molecule has 0 bridgehead atoms. The molecular weight excluding hydrogens is 378 g/mol. The molecule has 3 aromatic heterocycles. The molecule has 4 rings (SSSR count). The van der Waals surface area contributed by atoms with Crippen LogP contribution in [0.15, 0.2) is 35.2 Å². The van der Waals surface area contributed by atoms with E-state index < -0.39 is 0 Å². The number of benzene rings is 1. The molecule has 27 heavy (non-hydrogen) atoms. The smallest absolute Gasteiger partial charge is 0.242 e. The van der Waals surface area contributed by atoms with E-state index in [9.17, 15) is 0 Å². The second kappa shape index (κ2) is 7.21. The molecule has 0 saturated heterocycles. The lowest BCUT2D eigenvalue weighted by molar-refractivity contribution is 0.468. The van der Waals surface area contributed by atoms with Crippen molar-refractivity contribution in [1.29, 1.82) is 0 Å². The normalized spacial score (nSPS) is 11.1. The van der Waals surface area contributed by atoms with E-state index in [4.69, 9.17) is 4.74 Å². The zero-order valence-corrected chi connectivity index (χ0v) is 17.0. The first-order valence-electron chi connectivity index (χ1n) is 8.29. The fourth-order valence-corrected chi connectivity index (χ4v) is 4.39. The summed E-state index contributed by atoms with van der Waals surface area (Å²) >= 11 is 3.12. The lowest BCUT2D eigenvalue weighted by atomic mass is 9.98. The van der Waals surface area contributed by atoms with Gasteiger partial charge in [0.05, 0.1) is 0 Å². The molecule has 1 aromatic carbocycles. The van der Waals surface area contributed by atoms with Crippen LogP contribution in [0.3, 0.4) is 0 Å². The SMILES string of the molecule is CSc1nc2ncnc(Oc3ccc(-c4c(C)ncnc4C)c(C)c3)c2s1. The number of thiazole rings is 1. The second-order valence-electron chi connectivity index (χ2n) is 6.01. The number of ether oxygens (including phenoxy) is 1. The number of nitrogens with zero attached hydrogens (tertiary/aromatic N) is 5. The van der Waals surface area contributed by atoms with E-state index in [1.54, 1.807) is 18.1 Å². The Morgan fingerprint density at radius 1 is 0.963 bits per heavy atom. The maximum absolute atomic E-state index is 6.06. The summed E-state index contributed by atoms with van der Waals surface area (Å²) in [6, 6.07) is 5.99. The molecule has 0 saturated carbocycles. The van der Waals surface area contributed by atoms with Crippen molar-refractivity contribution in [3.63, 3.8) is 0 Å². The summed E-state index contributed by atoms with van der Waals surface area (Å²) < 4.78 is 7.86. The van der Waals surface area contributed by atoms with Crippen LogP contribution < -0.4 is 4.74 Å². The van der Waals surface area contributed by atoms with Gasteiger partial charge in [-0.25, -0.2) is 24.9 Å². The summed E-state index contributed by atoms with van der Waals surface area (Å²) in [5.41, 5.74) is 5.85. The summed E-state index contributed by atoms with van der Waals surface area (Å²) in [5.74, 6) is 1.25. The molecule has 4 aromatic rings. The first-order chi connectivity index (χ1) is 13.1. The fraction of sp³-hybridized carbons (Fsp3) is 0.211. The molecule has 0 radical (unpaired) electrons. The maximum Gasteiger partial charge on any atom is 0.242 e. The van der Waals surface area contributed by atoms with Crippen molar-refractivity contribution in [3.8, 4) is 22.8 Å². The zero-order valence-electron chi connectivity index (χ0n) is 15.3. The maximum atomic E-state index is 6.06. The summed E-state index contributed by atoms with van der Waals surface area (Å²) in [5, 5.41) is 0. The Morgan fingerprint density at radius 3 is 2.41 bits per heavy atom. The van der Waals surface area contributed by atoms with E-state index in [0.29, 0.717) is 11.5 Å². The number of fused-ring (bicyclic) bond motifs is 1. The lowest BCUT2D eigenvalue weighted by Crippen LogP contribution is -1.97. The van der Waals surface area contributed by atoms with Crippen molar-refractivity contribution in [2.24, 2.45) is 0 Å². The van der Waals surface area contributed by atoms with Gasteiger partial charge >= 0.3 is 0 Å². The number of thioether (sulfide) groups is 1. The Labute approximate surface area is 165 Å². The minimum Gasteiger partial charge on any atom is -0.437 e. The van der Waals surface area contributed by atoms with Crippen LogP contribution in [0.2, 0.25) is 0 Å². The van der Waals surface area contributed by atoms with Crippen molar-refractivity contribution in [2.75, 3.05) is 6.26 Å². The third-order valence-corrected chi connectivity index (χ3v) is 6.24. The number of rotatable bonds is 4. The van der Waals surface area contributed by atoms with Gasteiger partial charge in [-0.15, -0.1) is 11.3 Å². The first kappa shape index (κ1) is 17.8. The zero-order chi connectivity index (χ0) is 19.0. The Balaban J connectivity index is 1.71. The predicted molar refractivity (Wildman–Crippen MR) is 109 cm³/mol. The van der Waals surface area contributed by atoms with Crippen molar-refractivity contribution in [1.82, 2.24) is 24.9 Å². The van der Waals surface area contributed by atoms with E-state index >= 15 is 0 Å². The molecule has 0 aliphatic rings. The van der Waals surface area contributed by atoms with Crippen molar-refractivity contribution in [2.45, 2.75) is 25.1 Å². The van der Waals surface area contributed by atoms with Crippen molar-refractivity contribution >= 4 is 33.4 Å². The largest absolute Gasteiger partial charge is 0.437 e. The quantitative estimate of drug-likeness (QED) is 0.451. The lowest BCUT2D eigenvalue weighted by Gasteiger charge is -2.13. The average molecular weight is 396 g/mol. The highest BCUT2D eigenvalue weighted by Crippen LogP contribution is 2.36.